The van der Waals surface area contributed by atoms with Gasteiger partial charge in [-0.1, -0.05) is 22.9 Å². The second-order valence-electron chi connectivity index (χ2n) is 5.66. The SMILES string of the molecule is CCC(Br)CCCC[N+]1(C)C(=O)c2[nH]cnc2N(C)C1=O. The highest BCUT2D eigenvalue weighted by Gasteiger charge is 2.50. The van der Waals surface area contributed by atoms with E-state index in [2.05, 4.69) is 32.8 Å². The molecular formula is C14H22BrN4O2+. The maximum absolute atomic E-state index is 12.6. The van der Waals surface area contributed by atoms with Crippen LogP contribution in [0.4, 0.5) is 10.6 Å². The van der Waals surface area contributed by atoms with Crippen LogP contribution in [0.5, 0.6) is 0 Å². The Labute approximate surface area is 133 Å². The molecule has 0 saturated carbocycles. The number of nitrogens with zero attached hydrogens (tertiary/aromatic N) is 3. The molecule has 1 N–H and O–H groups in total. The Bertz CT molecular complexity index is 545. The number of H-pyrrole nitrogens is 1. The normalized spacial score (nSPS) is 23.3. The number of alkyl halides is 1. The molecule has 0 fully saturated rings. The van der Waals surface area contributed by atoms with E-state index in [-0.39, 0.29) is 16.4 Å². The number of hydrogen-bond acceptors (Lipinski definition) is 3. The molecule has 0 aromatic carbocycles. The molecule has 2 rings (SSSR count). The number of nitrogens with one attached hydrogen (secondary N) is 1. The molecule has 0 radical (unpaired) electrons. The zero-order valence-corrected chi connectivity index (χ0v) is 14.3. The van der Waals surface area contributed by atoms with E-state index in [0.717, 1.165) is 25.7 Å². The maximum atomic E-state index is 12.6. The van der Waals surface area contributed by atoms with E-state index in [1.54, 1.807) is 14.1 Å². The Morgan fingerprint density at radius 3 is 2.81 bits per heavy atom. The fourth-order valence-corrected chi connectivity index (χ4v) is 2.97. The van der Waals surface area contributed by atoms with Crippen molar-refractivity contribution in [1.82, 2.24) is 9.97 Å². The highest BCUT2D eigenvalue weighted by molar-refractivity contribution is 9.09. The van der Waals surface area contributed by atoms with E-state index in [1.807, 2.05) is 0 Å². The number of imide groups is 1. The van der Waals surface area contributed by atoms with E-state index >= 15 is 0 Å². The van der Waals surface area contributed by atoms with Gasteiger partial charge in [0.25, 0.3) is 0 Å². The number of fused-ring (bicyclic) bond motifs is 1. The van der Waals surface area contributed by atoms with Gasteiger partial charge in [-0.2, -0.15) is 4.48 Å². The van der Waals surface area contributed by atoms with E-state index in [1.165, 1.54) is 11.2 Å². The fourth-order valence-electron chi connectivity index (χ4n) is 2.65. The third kappa shape index (κ3) is 2.89. The molecule has 2 unspecified atom stereocenters. The molecule has 7 heteroatoms. The Morgan fingerprint density at radius 1 is 1.43 bits per heavy atom. The van der Waals surface area contributed by atoms with Crippen molar-refractivity contribution in [3.05, 3.63) is 12.0 Å². The summed E-state index contributed by atoms with van der Waals surface area (Å²) in [5.41, 5.74) is 0.423. The minimum Gasteiger partial charge on any atom is -0.335 e. The summed E-state index contributed by atoms with van der Waals surface area (Å²) in [5, 5.41) is 0. The van der Waals surface area contributed by atoms with Gasteiger partial charge in [-0.15, -0.1) is 0 Å². The highest BCUT2D eigenvalue weighted by atomic mass is 79.9. The van der Waals surface area contributed by atoms with Crippen LogP contribution in [0, 0.1) is 0 Å². The average Bonchev–Trinajstić information content (AvgIpc) is 2.97. The van der Waals surface area contributed by atoms with Crippen molar-refractivity contribution in [2.45, 2.75) is 37.4 Å². The second kappa shape index (κ2) is 6.27. The van der Waals surface area contributed by atoms with Gasteiger partial charge < -0.3 is 4.98 Å². The maximum Gasteiger partial charge on any atom is 0.432 e. The zero-order valence-electron chi connectivity index (χ0n) is 12.7. The average molecular weight is 358 g/mol. The van der Waals surface area contributed by atoms with Gasteiger partial charge in [0.1, 0.15) is 0 Å². The summed E-state index contributed by atoms with van der Waals surface area (Å²) in [6, 6.07) is -0.217. The van der Waals surface area contributed by atoms with E-state index in [9.17, 15) is 9.59 Å². The van der Waals surface area contributed by atoms with Crippen LogP contribution in [0.3, 0.4) is 0 Å². The van der Waals surface area contributed by atoms with Crippen molar-refractivity contribution >= 4 is 33.7 Å². The van der Waals surface area contributed by atoms with Crippen LogP contribution in [-0.4, -0.2) is 51.9 Å². The minimum atomic E-state index is -0.217. The topological polar surface area (TPSA) is 66.1 Å². The lowest BCUT2D eigenvalue weighted by molar-refractivity contribution is -0.744. The van der Waals surface area contributed by atoms with Crippen molar-refractivity contribution in [1.29, 1.82) is 0 Å². The first-order valence-electron chi connectivity index (χ1n) is 7.28. The summed E-state index contributed by atoms with van der Waals surface area (Å²) in [5.74, 6) is 0.226. The number of carbonyl (C=O) groups excluding carboxylic acids is 2. The Hall–Kier alpha value is -1.21. The molecule has 1 aliphatic rings. The lowest BCUT2D eigenvalue weighted by Crippen LogP contribution is -2.62. The summed E-state index contributed by atoms with van der Waals surface area (Å²) in [6.45, 7) is 2.66. The summed E-state index contributed by atoms with van der Waals surface area (Å²) in [4.78, 5) is 34.0. The molecule has 1 aromatic heterocycles. The molecule has 6 nitrogen and oxygen atoms in total. The van der Waals surface area contributed by atoms with Crippen LogP contribution in [0.1, 0.15) is 43.1 Å². The van der Waals surface area contributed by atoms with Gasteiger partial charge in [0.05, 0.1) is 19.9 Å². The molecule has 0 saturated heterocycles. The number of rotatable bonds is 6. The van der Waals surface area contributed by atoms with Gasteiger partial charge in [0, 0.05) is 11.9 Å². The van der Waals surface area contributed by atoms with Crippen LogP contribution in [0.15, 0.2) is 6.33 Å². The monoisotopic (exact) mass is 357 g/mol. The van der Waals surface area contributed by atoms with Crippen molar-refractivity contribution in [2.75, 3.05) is 25.5 Å². The summed E-state index contributed by atoms with van der Waals surface area (Å²) in [6.07, 6.45) is 5.44. The van der Waals surface area contributed by atoms with Gasteiger partial charge in [-0.05, 0) is 25.7 Å². The fraction of sp³-hybridized carbons (Fsp3) is 0.643. The number of halogens is 1. The van der Waals surface area contributed by atoms with E-state index in [0.29, 0.717) is 22.9 Å². The van der Waals surface area contributed by atoms with Crippen molar-refractivity contribution < 1.29 is 14.1 Å². The molecule has 0 bridgehead atoms. The molecule has 1 aromatic rings. The largest absolute Gasteiger partial charge is 0.432 e. The van der Waals surface area contributed by atoms with Gasteiger partial charge in [-0.3, -0.25) is 0 Å². The van der Waals surface area contributed by atoms with Crippen LogP contribution in [0.25, 0.3) is 0 Å². The van der Waals surface area contributed by atoms with Crippen LogP contribution in [-0.2, 0) is 0 Å². The van der Waals surface area contributed by atoms with Crippen molar-refractivity contribution in [3.63, 3.8) is 0 Å². The lowest BCUT2D eigenvalue weighted by atomic mass is 10.1. The minimum absolute atomic E-state index is 0.198. The van der Waals surface area contributed by atoms with E-state index in [4.69, 9.17) is 0 Å². The molecule has 2 heterocycles. The van der Waals surface area contributed by atoms with Crippen LogP contribution >= 0.6 is 15.9 Å². The molecule has 21 heavy (non-hydrogen) atoms. The van der Waals surface area contributed by atoms with Crippen molar-refractivity contribution in [2.24, 2.45) is 0 Å². The molecule has 1 aliphatic heterocycles. The van der Waals surface area contributed by atoms with Crippen molar-refractivity contribution in [3.8, 4) is 0 Å². The van der Waals surface area contributed by atoms with Crippen LogP contribution < -0.4 is 4.90 Å². The number of urea groups is 1. The number of aromatic nitrogens is 2. The third-order valence-electron chi connectivity index (χ3n) is 4.12. The molecular weight excluding hydrogens is 336 g/mol. The van der Waals surface area contributed by atoms with Crippen LogP contribution in [0.2, 0.25) is 0 Å². The first-order chi connectivity index (χ1) is 9.91. The number of quaternary nitrogens is 1. The van der Waals surface area contributed by atoms with E-state index < -0.39 is 0 Å². The predicted octanol–water partition coefficient (Wildman–Crippen LogP) is 2.91. The molecule has 3 amide bonds. The number of imidazole rings is 1. The number of amides is 3. The zero-order chi connectivity index (χ0) is 15.6. The first-order valence-corrected chi connectivity index (χ1v) is 8.19. The predicted molar refractivity (Wildman–Crippen MR) is 84.6 cm³/mol. The highest BCUT2D eigenvalue weighted by Crippen LogP contribution is 2.29. The second-order valence-corrected chi connectivity index (χ2v) is 6.96. The molecule has 0 aliphatic carbocycles. The standard InChI is InChI=1S/C14H21BrN4O2/c1-4-10(15)7-5-6-8-19(3)13(20)11-12(17-9-16-11)18(2)14(19)21/h9-10H,4-8H2,1-3H3/p+1. The smallest absolute Gasteiger partial charge is 0.335 e. The summed E-state index contributed by atoms with van der Waals surface area (Å²) in [7, 11) is 3.35. The molecule has 116 valence electrons. The number of unbranched alkanes of at least 4 members (excludes halogenated alkanes) is 1. The number of carbonyl (C=O) groups is 2. The number of aromatic amines is 1. The molecule has 2 atom stereocenters. The van der Waals surface area contributed by atoms with Gasteiger partial charge in [0.15, 0.2) is 11.5 Å². The quantitative estimate of drug-likeness (QED) is 0.483. The third-order valence-corrected chi connectivity index (χ3v) is 5.23. The van der Waals surface area contributed by atoms with Gasteiger partial charge >= 0.3 is 11.9 Å². The summed E-state index contributed by atoms with van der Waals surface area (Å²) < 4.78 is -0.217. The van der Waals surface area contributed by atoms with Gasteiger partial charge in [-0.25, -0.2) is 19.5 Å². The Kier molecular flexibility index (Phi) is 4.83. The first kappa shape index (κ1) is 16.2. The Morgan fingerprint density at radius 2 is 2.14 bits per heavy atom. The van der Waals surface area contributed by atoms with Gasteiger partial charge in [0.2, 0.25) is 0 Å². The summed E-state index contributed by atoms with van der Waals surface area (Å²) >= 11 is 3.61. The molecule has 0 spiro atoms. The Balaban J connectivity index is 2.07. The number of hydrogen-bond donors (Lipinski definition) is 1. The number of anilines is 1. The lowest BCUT2D eigenvalue weighted by Gasteiger charge is -2.35.